The highest BCUT2D eigenvalue weighted by Gasteiger charge is 2.26. The lowest BCUT2D eigenvalue weighted by Crippen LogP contribution is -2.38. The van der Waals surface area contributed by atoms with E-state index in [1.54, 1.807) is 42.5 Å². The zero-order valence-electron chi connectivity index (χ0n) is 23.0. The van der Waals surface area contributed by atoms with E-state index in [1.807, 2.05) is 30.3 Å². The molecule has 1 aromatic heterocycles. The number of imide groups is 1. The summed E-state index contributed by atoms with van der Waals surface area (Å²) in [5, 5.41) is 0. The Bertz CT molecular complexity index is 1630. The molecule has 4 rings (SSSR count). The number of amides is 3. The van der Waals surface area contributed by atoms with Gasteiger partial charge in [-0.3, -0.25) is 23.6 Å². The zero-order valence-corrected chi connectivity index (χ0v) is 23.0. The quantitative estimate of drug-likeness (QED) is 0.241. The summed E-state index contributed by atoms with van der Waals surface area (Å²) >= 11 is 0. The van der Waals surface area contributed by atoms with Crippen LogP contribution in [0.3, 0.4) is 0 Å². The van der Waals surface area contributed by atoms with Gasteiger partial charge in [0.05, 0.1) is 23.1 Å². The van der Waals surface area contributed by atoms with Crippen molar-refractivity contribution in [2.24, 2.45) is 5.73 Å². The molecule has 206 valence electrons. The van der Waals surface area contributed by atoms with Crippen LogP contribution in [0.2, 0.25) is 0 Å². The average Bonchev–Trinajstić information content (AvgIpc) is 3.26. The molecule has 0 radical (unpaired) electrons. The van der Waals surface area contributed by atoms with Crippen LogP contribution in [0.5, 0.6) is 0 Å². The number of fused-ring (bicyclic) bond motifs is 1. The zero-order chi connectivity index (χ0) is 29.0. The van der Waals surface area contributed by atoms with Gasteiger partial charge in [0.1, 0.15) is 0 Å². The van der Waals surface area contributed by atoms with Crippen molar-refractivity contribution in [2.75, 3.05) is 25.0 Å². The maximum Gasteiger partial charge on any atom is 0.334 e. The maximum absolute atomic E-state index is 14.0. The first-order valence-electron chi connectivity index (χ1n) is 13.1. The number of aromatic nitrogens is 2. The molecule has 3 amide bonds. The first-order valence-corrected chi connectivity index (χ1v) is 13.1. The Hall–Kier alpha value is -4.92. The molecule has 40 heavy (non-hydrogen) atoms. The maximum atomic E-state index is 14.0. The number of ketones is 1. The topological polar surface area (TPSA) is 111 Å². The lowest BCUT2D eigenvalue weighted by atomic mass is 9.98. The molecule has 0 saturated heterocycles. The largest absolute Gasteiger partial charge is 0.372 e. The summed E-state index contributed by atoms with van der Waals surface area (Å²) in [6.07, 6.45) is 1.39. The minimum absolute atomic E-state index is 0.149. The number of urea groups is 1. The number of nitrogens with zero attached hydrogens (tertiary/aromatic N) is 4. The molecule has 0 aliphatic carbocycles. The molecule has 0 saturated carbocycles. The van der Waals surface area contributed by atoms with Crippen LogP contribution in [-0.2, 0) is 17.8 Å². The van der Waals surface area contributed by atoms with Gasteiger partial charge < -0.3 is 10.6 Å². The van der Waals surface area contributed by atoms with Crippen LogP contribution >= 0.6 is 0 Å². The van der Waals surface area contributed by atoms with Crippen LogP contribution in [0.1, 0.15) is 35.3 Å². The summed E-state index contributed by atoms with van der Waals surface area (Å²) in [6, 6.07) is 18.8. The van der Waals surface area contributed by atoms with Crippen LogP contribution in [0.15, 0.2) is 84.2 Å². The summed E-state index contributed by atoms with van der Waals surface area (Å²) in [7, 11) is 1.30. The molecule has 0 fully saturated rings. The fourth-order valence-corrected chi connectivity index (χ4v) is 4.88. The Kier molecular flexibility index (Phi) is 8.33. The van der Waals surface area contributed by atoms with Crippen molar-refractivity contribution in [3.05, 3.63) is 107 Å². The molecular weight excluding hydrogens is 506 g/mol. The Balaban J connectivity index is 2.03. The summed E-state index contributed by atoms with van der Waals surface area (Å²) in [6.45, 7) is 9.77. The average molecular weight is 540 g/mol. The van der Waals surface area contributed by atoms with Crippen LogP contribution < -0.4 is 16.3 Å². The van der Waals surface area contributed by atoms with E-state index in [2.05, 4.69) is 25.3 Å². The second kappa shape index (κ2) is 11.9. The second-order valence-electron chi connectivity index (χ2n) is 9.34. The van der Waals surface area contributed by atoms with Crippen molar-refractivity contribution in [1.82, 2.24) is 14.0 Å². The molecule has 0 atom stereocenters. The normalized spacial score (nSPS) is 10.9. The lowest BCUT2D eigenvalue weighted by molar-refractivity contribution is -0.126. The van der Waals surface area contributed by atoms with Gasteiger partial charge in [-0.2, -0.15) is 0 Å². The molecule has 0 bridgehead atoms. The SMILES string of the molecule is C=CCn1c(=O)n(-c2ccc(N(CC)CC)cc2)c2c(C(=O)c3ccccc3)ccc(CC(=O)N(C)C(N)=O)c21. The number of primary amides is 1. The van der Waals surface area contributed by atoms with E-state index in [0.29, 0.717) is 33.4 Å². The van der Waals surface area contributed by atoms with Crippen LogP contribution in [0, 0.1) is 0 Å². The van der Waals surface area contributed by atoms with Crippen molar-refractivity contribution >= 4 is 34.4 Å². The Morgan fingerprint density at radius 3 is 2.15 bits per heavy atom. The van der Waals surface area contributed by atoms with E-state index >= 15 is 0 Å². The van der Waals surface area contributed by atoms with E-state index in [0.717, 1.165) is 23.7 Å². The number of rotatable bonds is 10. The Labute approximate surface area is 232 Å². The fraction of sp³-hybridized carbons (Fsp3) is 0.226. The molecular formula is C31H33N5O4. The molecule has 1 heterocycles. The molecule has 2 N–H and O–H groups in total. The summed E-state index contributed by atoms with van der Waals surface area (Å²) in [5.74, 6) is -0.799. The van der Waals surface area contributed by atoms with Gasteiger partial charge in [-0.25, -0.2) is 9.59 Å². The van der Waals surface area contributed by atoms with Crippen molar-refractivity contribution in [1.29, 1.82) is 0 Å². The van der Waals surface area contributed by atoms with Crippen LogP contribution in [-0.4, -0.2) is 51.9 Å². The Morgan fingerprint density at radius 2 is 1.57 bits per heavy atom. The van der Waals surface area contributed by atoms with Gasteiger partial charge in [0, 0.05) is 43.5 Å². The third kappa shape index (κ3) is 5.18. The molecule has 0 spiro atoms. The predicted molar refractivity (Wildman–Crippen MR) is 157 cm³/mol. The highest BCUT2D eigenvalue weighted by atomic mass is 16.2. The first-order chi connectivity index (χ1) is 19.2. The van der Waals surface area contributed by atoms with Gasteiger partial charge in [0.25, 0.3) is 0 Å². The van der Waals surface area contributed by atoms with E-state index in [-0.39, 0.29) is 24.4 Å². The van der Waals surface area contributed by atoms with Crippen molar-refractivity contribution in [3.8, 4) is 5.69 Å². The lowest BCUT2D eigenvalue weighted by Gasteiger charge is -2.21. The number of carbonyl (C=O) groups is 3. The molecule has 0 aliphatic heterocycles. The number of imidazole rings is 1. The van der Waals surface area contributed by atoms with E-state index in [1.165, 1.54) is 16.2 Å². The van der Waals surface area contributed by atoms with E-state index < -0.39 is 11.9 Å². The Morgan fingerprint density at radius 1 is 0.925 bits per heavy atom. The first kappa shape index (κ1) is 28.1. The van der Waals surface area contributed by atoms with Gasteiger partial charge in [-0.05, 0) is 49.7 Å². The summed E-state index contributed by atoms with van der Waals surface area (Å²) in [5.41, 5.74) is 8.58. The number of likely N-dealkylation sites (N-methyl/N-ethyl adjacent to an activating group) is 1. The van der Waals surface area contributed by atoms with E-state index in [4.69, 9.17) is 5.73 Å². The summed E-state index contributed by atoms with van der Waals surface area (Å²) < 4.78 is 3.00. The number of hydrogen-bond donors (Lipinski definition) is 1. The number of carbonyl (C=O) groups excluding carboxylic acids is 3. The monoisotopic (exact) mass is 539 g/mol. The van der Waals surface area contributed by atoms with E-state index in [9.17, 15) is 19.2 Å². The minimum Gasteiger partial charge on any atom is -0.372 e. The molecule has 9 nitrogen and oxygen atoms in total. The standard InChI is InChI=1S/C31H33N5O4/c1-5-19-35-27-22(20-26(37)33(4)30(32)39)13-18-25(29(38)21-11-9-8-10-12-21)28(27)36(31(35)40)24-16-14-23(15-17-24)34(6-2)7-3/h5,8-18H,1,6-7,19-20H2,2-4H3,(H2,32,39). The number of nitrogens with two attached hydrogens (primary N) is 1. The molecule has 3 aromatic carbocycles. The smallest absolute Gasteiger partial charge is 0.334 e. The van der Waals surface area contributed by atoms with Gasteiger partial charge in [-0.15, -0.1) is 6.58 Å². The van der Waals surface area contributed by atoms with Gasteiger partial charge in [-0.1, -0.05) is 42.5 Å². The number of anilines is 1. The second-order valence-corrected chi connectivity index (χ2v) is 9.34. The number of allylic oxidation sites excluding steroid dienone is 1. The minimum atomic E-state index is -0.883. The predicted octanol–water partition coefficient (Wildman–Crippen LogP) is 4.14. The fourth-order valence-electron chi connectivity index (χ4n) is 4.88. The van der Waals surface area contributed by atoms with Gasteiger partial charge in [0.15, 0.2) is 5.78 Å². The summed E-state index contributed by atoms with van der Waals surface area (Å²) in [4.78, 5) is 55.3. The molecule has 4 aromatic rings. The third-order valence-corrected chi connectivity index (χ3v) is 7.03. The third-order valence-electron chi connectivity index (χ3n) is 7.03. The number of benzene rings is 3. The number of hydrogen-bond acceptors (Lipinski definition) is 5. The van der Waals surface area contributed by atoms with Gasteiger partial charge in [0.2, 0.25) is 5.91 Å². The van der Waals surface area contributed by atoms with Crippen molar-refractivity contribution in [3.63, 3.8) is 0 Å². The van der Waals surface area contributed by atoms with Crippen molar-refractivity contribution in [2.45, 2.75) is 26.8 Å². The van der Waals surface area contributed by atoms with Gasteiger partial charge >= 0.3 is 11.7 Å². The molecule has 9 heteroatoms. The van der Waals surface area contributed by atoms with Crippen molar-refractivity contribution < 1.29 is 14.4 Å². The molecule has 0 unspecified atom stereocenters. The van der Waals surface area contributed by atoms with Crippen LogP contribution in [0.4, 0.5) is 10.5 Å². The highest BCUT2D eigenvalue weighted by molar-refractivity contribution is 6.16. The van der Waals surface area contributed by atoms with Crippen LogP contribution in [0.25, 0.3) is 16.7 Å². The highest BCUT2D eigenvalue weighted by Crippen LogP contribution is 2.29. The molecule has 0 aliphatic rings.